The van der Waals surface area contributed by atoms with Crippen LogP contribution in [0.4, 0.5) is 0 Å². The molecule has 2 aromatic carbocycles. The summed E-state index contributed by atoms with van der Waals surface area (Å²) in [7, 11) is 0. The maximum atomic E-state index is 12.5. The number of carboxylic acids is 1. The van der Waals surface area contributed by atoms with Gasteiger partial charge in [-0.25, -0.2) is 0 Å². The van der Waals surface area contributed by atoms with Crippen LogP contribution >= 0.6 is 0 Å². The third-order valence-electron chi connectivity index (χ3n) is 4.08. The molecule has 0 fully saturated rings. The van der Waals surface area contributed by atoms with E-state index in [2.05, 4.69) is 5.32 Å². The summed E-state index contributed by atoms with van der Waals surface area (Å²) in [5, 5.41) is 12.1. The molecule has 1 aliphatic heterocycles. The summed E-state index contributed by atoms with van der Waals surface area (Å²) >= 11 is 0. The molecule has 0 saturated carbocycles. The van der Waals surface area contributed by atoms with Crippen LogP contribution in [0, 0.1) is 0 Å². The van der Waals surface area contributed by atoms with Crippen LogP contribution in [0.15, 0.2) is 54.6 Å². The minimum absolute atomic E-state index is 0.0214. The number of hydrogen-bond acceptors (Lipinski definition) is 4. The lowest BCUT2D eigenvalue weighted by Gasteiger charge is -2.31. The smallest absolute Gasteiger partial charge is 0.312 e. The summed E-state index contributed by atoms with van der Waals surface area (Å²) in [5.74, 6) is -1.13. The molecule has 0 spiro atoms. The molecule has 1 heterocycles. The quantitative estimate of drug-likeness (QED) is 0.871. The first-order valence-electron chi connectivity index (χ1n) is 8.04. The van der Waals surface area contributed by atoms with Crippen molar-refractivity contribution < 1.29 is 24.2 Å². The van der Waals surface area contributed by atoms with Gasteiger partial charge >= 0.3 is 5.97 Å². The van der Waals surface area contributed by atoms with Crippen molar-refractivity contribution >= 4 is 11.9 Å². The zero-order valence-electron chi connectivity index (χ0n) is 13.7. The van der Waals surface area contributed by atoms with E-state index in [0.717, 1.165) is 0 Å². The van der Waals surface area contributed by atoms with Crippen LogP contribution < -0.4 is 14.8 Å². The predicted octanol–water partition coefficient (Wildman–Crippen LogP) is 2.20. The fourth-order valence-corrected chi connectivity index (χ4v) is 2.74. The maximum Gasteiger partial charge on any atom is 0.312 e. The van der Waals surface area contributed by atoms with Crippen LogP contribution in [0.3, 0.4) is 0 Å². The Hall–Kier alpha value is -3.02. The number of carboxylic acid groups (broad SMARTS) is 1. The first kappa shape index (κ1) is 16.8. The molecule has 130 valence electrons. The Morgan fingerprint density at radius 3 is 2.28 bits per heavy atom. The highest BCUT2D eigenvalue weighted by Gasteiger charge is 2.34. The van der Waals surface area contributed by atoms with Crippen molar-refractivity contribution in [1.82, 2.24) is 5.32 Å². The average molecular weight is 341 g/mol. The molecule has 2 N–H and O–H groups in total. The third kappa shape index (κ3) is 3.74. The maximum absolute atomic E-state index is 12.5. The Morgan fingerprint density at radius 1 is 1.04 bits per heavy atom. The molecule has 0 saturated heterocycles. The molecule has 0 aliphatic carbocycles. The second kappa shape index (κ2) is 7.25. The van der Waals surface area contributed by atoms with Gasteiger partial charge in [-0.1, -0.05) is 42.5 Å². The Kier molecular flexibility index (Phi) is 4.88. The van der Waals surface area contributed by atoms with Crippen LogP contribution in [0.2, 0.25) is 0 Å². The van der Waals surface area contributed by atoms with Crippen molar-refractivity contribution in [3.8, 4) is 11.5 Å². The first-order chi connectivity index (χ1) is 12.1. The molecule has 3 atom stereocenters. The van der Waals surface area contributed by atoms with E-state index in [4.69, 9.17) is 9.47 Å². The summed E-state index contributed by atoms with van der Waals surface area (Å²) < 4.78 is 11.4. The third-order valence-corrected chi connectivity index (χ3v) is 4.08. The number of ether oxygens (including phenoxy) is 2. The molecule has 0 aromatic heterocycles. The van der Waals surface area contributed by atoms with E-state index in [-0.39, 0.29) is 6.54 Å². The molecule has 25 heavy (non-hydrogen) atoms. The van der Waals surface area contributed by atoms with Crippen molar-refractivity contribution in [2.75, 3.05) is 6.54 Å². The fourth-order valence-electron chi connectivity index (χ4n) is 2.74. The van der Waals surface area contributed by atoms with Crippen molar-refractivity contribution in [2.24, 2.45) is 0 Å². The molecule has 2 aromatic rings. The second-order valence-corrected chi connectivity index (χ2v) is 5.85. The number of rotatable bonds is 5. The number of fused-ring (bicyclic) bond motifs is 1. The van der Waals surface area contributed by atoms with E-state index in [1.54, 1.807) is 49.4 Å². The monoisotopic (exact) mass is 341 g/mol. The zero-order valence-corrected chi connectivity index (χ0v) is 13.7. The van der Waals surface area contributed by atoms with Crippen LogP contribution in [0.1, 0.15) is 18.4 Å². The predicted molar refractivity (Wildman–Crippen MR) is 90.8 cm³/mol. The van der Waals surface area contributed by atoms with Crippen LogP contribution in [0.5, 0.6) is 11.5 Å². The second-order valence-electron chi connectivity index (χ2n) is 5.85. The lowest BCUT2D eigenvalue weighted by molar-refractivity contribution is -0.139. The topological polar surface area (TPSA) is 84.9 Å². The molecule has 6 nitrogen and oxygen atoms in total. The SMILES string of the molecule is CC1Oc2ccccc2OC1C(=O)NCC(C(=O)O)c1ccccc1. The van der Waals surface area contributed by atoms with E-state index in [0.29, 0.717) is 17.1 Å². The van der Waals surface area contributed by atoms with Gasteiger partial charge in [-0.15, -0.1) is 0 Å². The molecular formula is C19H19NO5. The number of benzene rings is 2. The van der Waals surface area contributed by atoms with Crippen LogP contribution in [-0.4, -0.2) is 35.7 Å². The van der Waals surface area contributed by atoms with Gasteiger partial charge in [-0.05, 0) is 24.6 Å². The number of carbonyl (C=O) groups is 2. The van der Waals surface area contributed by atoms with Gasteiger partial charge in [-0.3, -0.25) is 9.59 Å². The molecule has 0 bridgehead atoms. The molecule has 1 aliphatic rings. The lowest BCUT2D eigenvalue weighted by Crippen LogP contribution is -2.50. The van der Waals surface area contributed by atoms with E-state index in [1.165, 1.54) is 0 Å². The van der Waals surface area contributed by atoms with Crippen LogP contribution in [0.25, 0.3) is 0 Å². The van der Waals surface area contributed by atoms with Crippen molar-refractivity contribution in [1.29, 1.82) is 0 Å². The molecule has 1 amide bonds. The molecule has 3 rings (SSSR count). The lowest BCUT2D eigenvalue weighted by atomic mass is 9.99. The van der Waals surface area contributed by atoms with Gasteiger partial charge in [0.25, 0.3) is 5.91 Å². The van der Waals surface area contributed by atoms with Gasteiger partial charge in [-0.2, -0.15) is 0 Å². The molecule has 3 unspecified atom stereocenters. The van der Waals surface area contributed by atoms with Crippen molar-refractivity contribution in [2.45, 2.75) is 25.0 Å². The number of para-hydroxylation sites is 2. The Morgan fingerprint density at radius 2 is 1.64 bits per heavy atom. The Balaban J connectivity index is 1.67. The number of nitrogens with one attached hydrogen (secondary N) is 1. The number of hydrogen-bond donors (Lipinski definition) is 2. The Bertz CT molecular complexity index is 761. The van der Waals surface area contributed by atoms with E-state index >= 15 is 0 Å². The summed E-state index contributed by atoms with van der Waals surface area (Å²) in [4.78, 5) is 24.0. The minimum Gasteiger partial charge on any atom is -0.482 e. The van der Waals surface area contributed by atoms with Gasteiger partial charge < -0.3 is 19.9 Å². The number of aliphatic carboxylic acids is 1. The molecular weight excluding hydrogens is 322 g/mol. The first-order valence-corrected chi connectivity index (χ1v) is 8.04. The summed E-state index contributed by atoms with van der Waals surface area (Å²) in [6.07, 6.45) is -1.31. The summed E-state index contributed by atoms with van der Waals surface area (Å²) in [6.45, 7) is 1.72. The summed E-state index contributed by atoms with van der Waals surface area (Å²) in [6, 6.07) is 15.9. The van der Waals surface area contributed by atoms with Gasteiger partial charge in [0.05, 0.1) is 5.92 Å². The minimum atomic E-state index is -0.995. The van der Waals surface area contributed by atoms with Gasteiger partial charge in [0.1, 0.15) is 6.10 Å². The van der Waals surface area contributed by atoms with Gasteiger partial charge in [0.2, 0.25) is 6.10 Å². The molecule has 6 heteroatoms. The van der Waals surface area contributed by atoms with Crippen LogP contribution in [-0.2, 0) is 9.59 Å². The summed E-state index contributed by atoms with van der Waals surface area (Å²) in [5.41, 5.74) is 0.634. The zero-order chi connectivity index (χ0) is 17.8. The van der Waals surface area contributed by atoms with Crippen molar-refractivity contribution in [3.63, 3.8) is 0 Å². The number of amides is 1. The number of carbonyl (C=O) groups excluding carboxylic acids is 1. The van der Waals surface area contributed by atoms with E-state index in [9.17, 15) is 14.7 Å². The van der Waals surface area contributed by atoms with Gasteiger partial charge in [0.15, 0.2) is 11.5 Å². The highest BCUT2D eigenvalue weighted by atomic mass is 16.6. The highest BCUT2D eigenvalue weighted by Crippen LogP contribution is 2.33. The largest absolute Gasteiger partial charge is 0.482 e. The average Bonchev–Trinajstić information content (AvgIpc) is 2.61. The standard InChI is InChI=1S/C19H19NO5/c1-12-17(25-16-10-6-5-9-15(16)24-12)18(21)20-11-14(19(22)23)13-7-3-2-4-8-13/h2-10,12,14,17H,11H2,1H3,(H,20,21)(H,22,23). The Labute approximate surface area is 145 Å². The van der Waals surface area contributed by atoms with Gasteiger partial charge in [0, 0.05) is 6.54 Å². The molecule has 0 radical (unpaired) electrons. The van der Waals surface area contributed by atoms with E-state index < -0.39 is 30.0 Å². The van der Waals surface area contributed by atoms with Crippen molar-refractivity contribution in [3.05, 3.63) is 60.2 Å². The normalized spacial score (nSPS) is 19.7. The van der Waals surface area contributed by atoms with E-state index in [1.807, 2.05) is 12.1 Å². The highest BCUT2D eigenvalue weighted by molar-refractivity contribution is 5.83. The fraction of sp³-hybridized carbons (Fsp3) is 0.263.